The molecule has 0 fully saturated rings. The van der Waals surface area contributed by atoms with Gasteiger partial charge in [0.05, 0.1) is 0 Å². The number of unbranched alkanes of at least 4 members (excludes halogenated alkanes) is 4. The summed E-state index contributed by atoms with van der Waals surface area (Å²) in [5.41, 5.74) is 7.84. The van der Waals surface area contributed by atoms with E-state index in [0.29, 0.717) is 0 Å². The molecule has 0 aromatic carbocycles. The zero-order valence-corrected chi connectivity index (χ0v) is 12.6. The number of amides is 1. The van der Waals surface area contributed by atoms with Gasteiger partial charge in [-0.05, 0) is 38.5 Å². The van der Waals surface area contributed by atoms with Crippen LogP contribution in [0.3, 0.4) is 0 Å². The Bertz CT molecular complexity index is 246. The Morgan fingerprint density at radius 1 is 0.778 bits per heavy atom. The molecule has 0 aliphatic carbocycles. The number of carbonyl (C=O) groups is 1. The van der Waals surface area contributed by atoms with Crippen LogP contribution in [0.1, 0.15) is 85.0 Å². The average Bonchev–Trinajstić information content (AvgIpc) is 2.35. The van der Waals surface area contributed by atoms with Gasteiger partial charge in [0.2, 0.25) is 5.91 Å². The topological polar surface area (TPSA) is 43.1 Å². The van der Waals surface area contributed by atoms with Gasteiger partial charge in [0.25, 0.3) is 0 Å². The first-order valence-corrected chi connectivity index (χ1v) is 7.67. The highest BCUT2D eigenvalue weighted by molar-refractivity contribution is 5.92. The maximum absolute atomic E-state index is 11.6. The van der Waals surface area contributed by atoms with Gasteiger partial charge in [-0.1, -0.05) is 52.0 Å². The summed E-state index contributed by atoms with van der Waals surface area (Å²) in [4.78, 5) is 11.6. The molecule has 2 heteroatoms. The number of nitrogens with two attached hydrogens (primary N) is 1. The number of carbonyl (C=O) groups excluding carboxylic acids is 1. The molecule has 0 atom stereocenters. The minimum absolute atomic E-state index is 0.187. The second-order valence-corrected chi connectivity index (χ2v) is 5.11. The van der Waals surface area contributed by atoms with Crippen molar-refractivity contribution in [3.63, 3.8) is 0 Å². The minimum atomic E-state index is -0.187. The second kappa shape index (κ2) is 11.3. The lowest BCUT2D eigenvalue weighted by Gasteiger charge is -2.13. The van der Waals surface area contributed by atoms with E-state index >= 15 is 0 Å². The molecule has 0 spiro atoms. The molecule has 0 unspecified atom stereocenters. The molecule has 2 nitrogen and oxygen atoms in total. The van der Waals surface area contributed by atoms with E-state index in [4.69, 9.17) is 5.73 Å². The number of primary amides is 1. The van der Waals surface area contributed by atoms with Gasteiger partial charge in [-0.3, -0.25) is 4.79 Å². The van der Waals surface area contributed by atoms with E-state index in [2.05, 4.69) is 20.8 Å². The maximum atomic E-state index is 11.6. The first kappa shape index (κ1) is 17.2. The zero-order chi connectivity index (χ0) is 13.8. The first-order chi connectivity index (χ1) is 8.67. The summed E-state index contributed by atoms with van der Waals surface area (Å²) in [6.07, 6.45) is 11.2. The van der Waals surface area contributed by atoms with Gasteiger partial charge >= 0.3 is 0 Å². The predicted molar refractivity (Wildman–Crippen MR) is 79.4 cm³/mol. The van der Waals surface area contributed by atoms with Gasteiger partial charge in [0.15, 0.2) is 0 Å². The Morgan fingerprint density at radius 2 is 1.28 bits per heavy atom. The summed E-state index contributed by atoms with van der Waals surface area (Å²) in [7, 11) is 0. The van der Waals surface area contributed by atoms with Crippen LogP contribution in [-0.4, -0.2) is 5.91 Å². The molecular weight excluding hydrogens is 222 g/mol. The Morgan fingerprint density at radius 3 is 1.67 bits per heavy atom. The van der Waals surface area contributed by atoms with Crippen LogP contribution in [0.15, 0.2) is 11.1 Å². The van der Waals surface area contributed by atoms with E-state index in [-0.39, 0.29) is 5.91 Å². The molecule has 1 amide bonds. The summed E-state index contributed by atoms with van der Waals surface area (Å²) >= 11 is 0. The van der Waals surface area contributed by atoms with Gasteiger partial charge < -0.3 is 5.73 Å². The van der Waals surface area contributed by atoms with Gasteiger partial charge in [-0.25, -0.2) is 0 Å². The van der Waals surface area contributed by atoms with Gasteiger partial charge in [-0.15, -0.1) is 0 Å². The number of allylic oxidation sites excluding steroid dienone is 1. The molecule has 0 saturated heterocycles. The van der Waals surface area contributed by atoms with Crippen molar-refractivity contribution in [2.75, 3.05) is 0 Å². The lowest BCUT2D eigenvalue weighted by Crippen LogP contribution is -2.16. The molecule has 18 heavy (non-hydrogen) atoms. The normalized spacial score (nSPS) is 10.4. The third kappa shape index (κ3) is 7.52. The monoisotopic (exact) mass is 253 g/mol. The van der Waals surface area contributed by atoms with E-state index in [9.17, 15) is 4.79 Å². The SMILES string of the molecule is CCCCCC(C(N)=O)=C(CCCC)CCCC. The number of hydrogen-bond donors (Lipinski definition) is 1. The van der Waals surface area contributed by atoms with Crippen molar-refractivity contribution >= 4 is 5.91 Å². The fraction of sp³-hybridized carbons (Fsp3) is 0.812. The Balaban J connectivity index is 4.70. The zero-order valence-electron chi connectivity index (χ0n) is 12.6. The van der Waals surface area contributed by atoms with Crippen molar-refractivity contribution < 1.29 is 4.79 Å². The second-order valence-electron chi connectivity index (χ2n) is 5.11. The van der Waals surface area contributed by atoms with Crippen molar-refractivity contribution in [2.24, 2.45) is 5.73 Å². The maximum Gasteiger partial charge on any atom is 0.244 e. The summed E-state index contributed by atoms with van der Waals surface area (Å²) in [5.74, 6) is -0.187. The third-order valence-electron chi connectivity index (χ3n) is 3.42. The van der Waals surface area contributed by atoms with Crippen molar-refractivity contribution in [2.45, 2.75) is 85.0 Å². The van der Waals surface area contributed by atoms with Crippen LogP contribution >= 0.6 is 0 Å². The molecule has 0 aromatic heterocycles. The quantitative estimate of drug-likeness (QED) is 0.420. The molecule has 0 aliphatic heterocycles. The average molecular weight is 253 g/mol. The number of rotatable bonds is 11. The van der Waals surface area contributed by atoms with E-state index in [1.54, 1.807) is 0 Å². The van der Waals surface area contributed by atoms with E-state index < -0.39 is 0 Å². The molecule has 0 bridgehead atoms. The van der Waals surface area contributed by atoms with Crippen LogP contribution in [0, 0.1) is 0 Å². The summed E-state index contributed by atoms with van der Waals surface area (Å²) in [5, 5.41) is 0. The van der Waals surface area contributed by atoms with Crippen molar-refractivity contribution in [3.8, 4) is 0 Å². The van der Waals surface area contributed by atoms with Gasteiger partial charge in [-0.2, -0.15) is 0 Å². The van der Waals surface area contributed by atoms with Crippen molar-refractivity contribution in [3.05, 3.63) is 11.1 Å². The van der Waals surface area contributed by atoms with E-state index in [1.807, 2.05) is 0 Å². The van der Waals surface area contributed by atoms with Crippen LogP contribution in [-0.2, 0) is 4.79 Å². The Kier molecular flexibility index (Phi) is 10.8. The van der Waals surface area contributed by atoms with Crippen molar-refractivity contribution in [1.29, 1.82) is 0 Å². The molecule has 106 valence electrons. The molecule has 0 radical (unpaired) electrons. The Labute approximate surface area is 113 Å². The van der Waals surface area contributed by atoms with Crippen molar-refractivity contribution in [1.82, 2.24) is 0 Å². The van der Waals surface area contributed by atoms with E-state index in [1.165, 1.54) is 44.1 Å². The van der Waals surface area contributed by atoms with Crippen LogP contribution in [0.2, 0.25) is 0 Å². The highest BCUT2D eigenvalue weighted by atomic mass is 16.1. The molecular formula is C16H31NO. The Hall–Kier alpha value is -0.790. The largest absolute Gasteiger partial charge is 0.366 e. The molecule has 0 aliphatic rings. The summed E-state index contributed by atoms with van der Waals surface area (Å²) < 4.78 is 0. The van der Waals surface area contributed by atoms with Crippen LogP contribution < -0.4 is 5.73 Å². The summed E-state index contributed by atoms with van der Waals surface area (Å²) in [6, 6.07) is 0. The first-order valence-electron chi connectivity index (χ1n) is 7.67. The molecule has 0 saturated carbocycles. The van der Waals surface area contributed by atoms with Gasteiger partial charge in [0, 0.05) is 5.57 Å². The molecule has 0 aromatic rings. The highest BCUT2D eigenvalue weighted by Crippen LogP contribution is 2.23. The minimum Gasteiger partial charge on any atom is -0.366 e. The predicted octanol–water partition coefficient (Wildman–Crippen LogP) is 4.73. The smallest absolute Gasteiger partial charge is 0.244 e. The highest BCUT2D eigenvalue weighted by Gasteiger charge is 2.11. The lowest BCUT2D eigenvalue weighted by atomic mass is 9.93. The molecule has 0 rings (SSSR count). The van der Waals surface area contributed by atoms with Crippen LogP contribution in [0.5, 0.6) is 0 Å². The molecule has 0 heterocycles. The van der Waals surface area contributed by atoms with E-state index in [0.717, 1.165) is 31.3 Å². The lowest BCUT2D eigenvalue weighted by molar-refractivity contribution is -0.114. The van der Waals surface area contributed by atoms with Crippen LogP contribution in [0.25, 0.3) is 0 Å². The van der Waals surface area contributed by atoms with Gasteiger partial charge in [0.1, 0.15) is 0 Å². The fourth-order valence-corrected chi connectivity index (χ4v) is 2.23. The molecule has 2 N–H and O–H groups in total. The summed E-state index contributed by atoms with van der Waals surface area (Å²) in [6.45, 7) is 6.57. The third-order valence-corrected chi connectivity index (χ3v) is 3.42. The van der Waals surface area contributed by atoms with Crippen LogP contribution in [0.4, 0.5) is 0 Å². The standard InChI is InChI=1S/C16H31NO/c1-4-7-10-13-15(16(17)18)14(11-8-5-2)12-9-6-3/h4-13H2,1-3H3,(H2,17,18). The fourth-order valence-electron chi connectivity index (χ4n) is 2.23. The number of hydrogen-bond acceptors (Lipinski definition) is 1.